The van der Waals surface area contributed by atoms with Crippen LogP contribution in [0, 0.1) is 17.2 Å². The Labute approximate surface area is 260 Å². The Kier molecular flexibility index (Phi) is 8.03. The van der Waals surface area contributed by atoms with Crippen LogP contribution in [0.15, 0.2) is 48.8 Å². The third-order valence-corrected chi connectivity index (χ3v) is 9.92. The number of aliphatic hydroxyl groups is 2. The quantitative estimate of drug-likeness (QED) is 0.339. The average molecular weight is 630 g/mol. The fourth-order valence-corrected chi connectivity index (χ4v) is 6.60. The van der Waals surface area contributed by atoms with Gasteiger partial charge in [-0.2, -0.15) is 0 Å². The number of likely N-dealkylation sites (tertiary alicyclic amines) is 1. The van der Waals surface area contributed by atoms with Crippen LogP contribution >= 0.6 is 23.2 Å². The lowest BCUT2D eigenvalue weighted by Gasteiger charge is -2.40. The molecule has 2 aromatic carbocycles. The first kappa shape index (κ1) is 30.4. The zero-order valence-electron chi connectivity index (χ0n) is 24.2. The van der Waals surface area contributed by atoms with Gasteiger partial charge in [0.15, 0.2) is 5.72 Å². The van der Waals surface area contributed by atoms with Crippen molar-refractivity contribution in [3.05, 3.63) is 92.7 Å². The van der Waals surface area contributed by atoms with Gasteiger partial charge in [-0.15, -0.1) is 0 Å². The van der Waals surface area contributed by atoms with E-state index in [1.54, 1.807) is 37.3 Å². The summed E-state index contributed by atoms with van der Waals surface area (Å²) in [6.07, 6.45) is 5.87. The Hall–Kier alpha value is -2.66. The molecule has 2 aliphatic heterocycles. The summed E-state index contributed by atoms with van der Waals surface area (Å²) in [7, 11) is 2.04. The number of aliphatic hydroxyl groups excluding tert-OH is 1. The molecule has 1 unspecified atom stereocenters. The molecule has 0 bridgehead atoms. The largest absolute Gasteiger partial charge is 0.396 e. The fourth-order valence-electron chi connectivity index (χ4n) is 6.38. The van der Waals surface area contributed by atoms with Gasteiger partial charge in [0.1, 0.15) is 11.6 Å². The number of fused-ring (bicyclic) bond motifs is 1. The number of rotatable bonds is 9. The van der Waals surface area contributed by atoms with Gasteiger partial charge in [-0.3, -0.25) is 9.69 Å². The SMILES string of the molecule is CN1CCC(C(C)(O)c2cc(F)c3c(c2)C(=O)N(Cc2ncc(Cl)cn2)[C@@]3(OCC2(CO)CC2)c2ccc(Cl)cc2)CC1. The number of benzene rings is 2. The lowest BCUT2D eigenvalue weighted by molar-refractivity contribution is -0.131. The first-order valence-electron chi connectivity index (χ1n) is 14.5. The molecule has 1 saturated carbocycles. The summed E-state index contributed by atoms with van der Waals surface area (Å²) in [6, 6.07) is 9.69. The fraction of sp³-hybridized carbons (Fsp3) is 0.469. The Morgan fingerprint density at radius 1 is 1.09 bits per heavy atom. The maximum Gasteiger partial charge on any atom is 0.257 e. The molecule has 0 radical (unpaired) electrons. The molecule has 6 rings (SSSR count). The smallest absolute Gasteiger partial charge is 0.257 e. The molecule has 3 heterocycles. The number of amides is 1. The molecule has 11 heteroatoms. The van der Waals surface area contributed by atoms with E-state index in [1.165, 1.54) is 23.4 Å². The monoisotopic (exact) mass is 628 g/mol. The van der Waals surface area contributed by atoms with E-state index in [0.29, 0.717) is 21.2 Å². The van der Waals surface area contributed by atoms with Gasteiger partial charge in [0.25, 0.3) is 5.91 Å². The molecule has 2 atom stereocenters. The van der Waals surface area contributed by atoms with E-state index in [-0.39, 0.29) is 42.6 Å². The van der Waals surface area contributed by atoms with Crippen LogP contribution in [0.25, 0.3) is 0 Å². The number of carbonyl (C=O) groups is 1. The van der Waals surface area contributed by atoms with E-state index in [1.807, 2.05) is 7.05 Å². The second-order valence-electron chi connectivity index (χ2n) is 12.4. The summed E-state index contributed by atoms with van der Waals surface area (Å²) in [5.74, 6) is -0.975. The number of aromatic nitrogens is 2. The van der Waals surface area contributed by atoms with Gasteiger partial charge in [-0.05, 0) is 88.5 Å². The Morgan fingerprint density at radius 3 is 2.35 bits per heavy atom. The molecule has 1 amide bonds. The summed E-state index contributed by atoms with van der Waals surface area (Å²) in [5, 5.41) is 22.7. The number of halogens is 3. The summed E-state index contributed by atoms with van der Waals surface area (Å²) in [4.78, 5) is 26.7. The normalized spacial score (nSPS) is 23.3. The maximum atomic E-state index is 16.7. The highest BCUT2D eigenvalue weighted by Crippen LogP contribution is 2.52. The molecule has 3 aliphatic rings. The third-order valence-electron chi connectivity index (χ3n) is 9.47. The van der Waals surface area contributed by atoms with Crippen LogP contribution in [0.1, 0.15) is 65.5 Å². The van der Waals surface area contributed by atoms with Gasteiger partial charge < -0.3 is 19.8 Å². The lowest BCUT2D eigenvalue weighted by Crippen LogP contribution is -2.48. The van der Waals surface area contributed by atoms with E-state index < -0.39 is 28.5 Å². The van der Waals surface area contributed by atoms with E-state index in [2.05, 4.69) is 14.9 Å². The highest BCUT2D eigenvalue weighted by atomic mass is 35.5. The second-order valence-corrected chi connectivity index (χ2v) is 13.3. The molecular formula is C32H35Cl2FN4O4. The van der Waals surface area contributed by atoms with E-state index in [4.69, 9.17) is 27.9 Å². The highest BCUT2D eigenvalue weighted by Gasteiger charge is 2.57. The van der Waals surface area contributed by atoms with Crippen molar-refractivity contribution in [1.82, 2.24) is 19.8 Å². The first-order valence-corrected chi connectivity index (χ1v) is 15.3. The van der Waals surface area contributed by atoms with Crippen LogP contribution in [0.4, 0.5) is 4.39 Å². The van der Waals surface area contributed by atoms with E-state index in [9.17, 15) is 15.0 Å². The van der Waals surface area contributed by atoms with Crippen LogP contribution < -0.4 is 0 Å². The van der Waals surface area contributed by atoms with Crippen LogP contribution in [-0.2, 0) is 22.6 Å². The van der Waals surface area contributed by atoms with Gasteiger partial charge in [0, 0.05) is 28.4 Å². The Morgan fingerprint density at radius 2 is 1.74 bits per heavy atom. The highest BCUT2D eigenvalue weighted by molar-refractivity contribution is 6.30. The van der Waals surface area contributed by atoms with Crippen molar-refractivity contribution in [2.45, 2.75) is 50.5 Å². The van der Waals surface area contributed by atoms with Crippen LogP contribution in [-0.4, -0.2) is 69.2 Å². The molecule has 1 aromatic heterocycles. The van der Waals surface area contributed by atoms with Crippen molar-refractivity contribution in [3.8, 4) is 0 Å². The molecule has 0 spiro atoms. The minimum absolute atomic E-state index is 0.0467. The van der Waals surface area contributed by atoms with Crippen molar-refractivity contribution in [3.63, 3.8) is 0 Å². The lowest BCUT2D eigenvalue weighted by atomic mass is 9.76. The number of hydrogen-bond acceptors (Lipinski definition) is 7. The molecule has 2 fully saturated rings. The van der Waals surface area contributed by atoms with Crippen molar-refractivity contribution in [2.24, 2.45) is 11.3 Å². The molecule has 2 N–H and O–H groups in total. The predicted octanol–water partition coefficient (Wildman–Crippen LogP) is 5.12. The van der Waals surface area contributed by atoms with Crippen LogP contribution in [0.5, 0.6) is 0 Å². The first-order chi connectivity index (χ1) is 20.5. The van der Waals surface area contributed by atoms with Gasteiger partial charge in [0.2, 0.25) is 0 Å². The molecule has 8 nitrogen and oxygen atoms in total. The standard InChI is InChI=1S/C32H35Cl2FN4O4/c1-30(42,20-7-11-38(2)12-8-20)22-13-25-28(26(35)14-22)32(21-3-5-23(33)6-4-21,43-19-31(18-40)9-10-31)39(29(25)41)17-27-36-15-24(34)16-37-27/h3-6,13-16,20,40,42H,7-12,17-19H2,1-2H3/t30?,32-/m1/s1. The van der Waals surface area contributed by atoms with Crippen molar-refractivity contribution < 1.29 is 24.1 Å². The number of hydrogen-bond donors (Lipinski definition) is 2. The molecule has 1 saturated heterocycles. The molecule has 3 aromatic rings. The number of nitrogens with zero attached hydrogens (tertiary/aromatic N) is 4. The Balaban J connectivity index is 1.52. The molecule has 1 aliphatic carbocycles. The van der Waals surface area contributed by atoms with E-state index in [0.717, 1.165) is 38.8 Å². The number of ether oxygens (including phenoxy) is 1. The minimum atomic E-state index is -1.72. The van der Waals surface area contributed by atoms with Crippen molar-refractivity contribution in [1.29, 1.82) is 0 Å². The summed E-state index contributed by atoms with van der Waals surface area (Å²) in [6.45, 7) is 3.23. The summed E-state index contributed by atoms with van der Waals surface area (Å²) < 4.78 is 23.4. The maximum absolute atomic E-state index is 16.7. The van der Waals surface area contributed by atoms with Gasteiger partial charge in [0.05, 0.1) is 41.5 Å². The average Bonchev–Trinajstić information content (AvgIpc) is 3.74. The second kappa shape index (κ2) is 11.4. The van der Waals surface area contributed by atoms with Gasteiger partial charge >= 0.3 is 0 Å². The predicted molar refractivity (Wildman–Crippen MR) is 160 cm³/mol. The molecule has 228 valence electrons. The van der Waals surface area contributed by atoms with Crippen LogP contribution in [0.3, 0.4) is 0 Å². The Bertz CT molecular complexity index is 1510. The zero-order chi connectivity index (χ0) is 30.6. The molecular weight excluding hydrogens is 594 g/mol. The van der Waals surface area contributed by atoms with Gasteiger partial charge in [-0.25, -0.2) is 14.4 Å². The number of piperidine rings is 1. The van der Waals surface area contributed by atoms with Crippen molar-refractivity contribution >= 4 is 29.1 Å². The number of carbonyl (C=O) groups excluding carboxylic acids is 1. The minimum Gasteiger partial charge on any atom is -0.396 e. The molecule has 43 heavy (non-hydrogen) atoms. The zero-order valence-corrected chi connectivity index (χ0v) is 25.7. The van der Waals surface area contributed by atoms with Crippen molar-refractivity contribution in [2.75, 3.05) is 33.4 Å². The summed E-state index contributed by atoms with van der Waals surface area (Å²) >= 11 is 12.3. The summed E-state index contributed by atoms with van der Waals surface area (Å²) in [5.41, 5.74) is -2.57. The topological polar surface area (TPSA) is 99.0 Å². The van der Waals surface area contributed by atoms with Gasteiger partial charge in [-0.1, -0.05) is 35.3 Å². The van der Waals surface area contributed by atoms with E-state index >= 15 is 4.39 Å². The third kappa shape index (κ3) is 5.45. The van der Waals surface area contributed by atoms with Crippen LogP contribution in [0.2, 0.25) is 10.0 Å².